The summed E-state index contributed by atoms with van der Waals surface area (Å²) in [4.78, 5) is 61.3. The number of amides is 1. The minimum atomic E-state index is -1.15. The van der Waals surface area contributed by atoms with Gasteiger partial charge in [0.1, 0.15) is 0 Å². The van der Waals surface area contributed by atoms with Crippen LogP contribution in [0.4, 0.5) is 0 Å². The van der Waals surface area contributed by atoms with Gasteiger partial charge >= 0.3 is 17.9 Å². The van der Waals surface area contributed by atoms with E-state index in [9.17, 15) is 39.3 Å². The highest BCUT2D eigenvalue weighted by Crippen LogP contribution is 2.19. The molecule has 44 heavy (non-hydrogen) atoms. The topological polar surface area (TPSA) is 182 Å². The average molecular weight is 611 g/mol. The van der Waals surface area contributed by atoms with Crippen LogP contribution < -0.4 is 5.32 Å². The van der Waals surface area contributed by atoms with Gasteiger partial charge in [-0.05, 0) is 61.8 Å². The predicted octanol–water partition coefficient (Wildman–Crippen LogP) is 2.81. The number of benzene rings is 2. The quantitative estimate of drug-likeness (QED) is 0.124. The fourth-order valence-corrected chi connectivity index (χ4v) is 4.87. The third-order valence-electron chi connectivity index (χ3n) is 7.11. The summed E-state index contributed by atoms with van der Waals surface area (Å²) in [5.74, 6) is -5.21. The summed E-state index contributed by atoms with van der Waals surface area (Å²) < 4.78 is 0. The molecule has 0 heterocycles. The Morgan fingerprint density at radius 1 is 0.795 bits per heavy atom. The van der Waals surface area contributed by atoms with Crippen molar-refractivity contribution in [2.45, 2.75) is 51.0 Å². The lowest BCUT2D eigenvalue weighted by atomic mass is 9.93. The molecule has 11 nitrogen and oxygen atoms in total. The second kappa shape index (κ2) is 19.8. The highest BCUT2D eigenvalue weighted by atomic mass is 16.4. The standard InChI is InChI=1S/C33H42N2O9/c36-23-28(19-25-10-5-2-6-11-25)34-30(38)20-26(12-7-13-31(39)40)16-17-35(22-32(41)42)21-29(37)15-14-27(33(43)44)18-24-8-3-1-4-9-24/h1-6,8-11,14-15,26-28,36H,7,12-13,16-23H2,(H,34,38)(H,39,40)(H,41,42)(H,43,44)/b15-14+. The number of carboxylic acids is 3. The van der Waals surface area contributed by atoms with E-state index >= 15 is 0 Å². The van der Waals surface area contributed by atoms with E-state index in [0.717, 1.165) is 17.2 Å². The molecule has 0 fully saturated rings. The number of aliphatic carboxylic acids is 3. The van der Waals surface area contributed by atoms with E-state index < -0.39 is 42.2 Å². The third kappa shape index (κ3) is 15.2. The second-order valence-corrected chi connectivity index (χ2v) is 10.8. The van der Waals surface area contributed by atoms with Crippen LogP contribution in [0.1, 0.15) is 43.2 Å². The molecular formula is C33H42N2O9. The van der Waals surface area contributed by atoms with Gasteiger partial charge in [0.2, 0.25) is 5.91 Å². The number of carbonyl (C=O) groups excluding carboxylic acids is 2. The van der Waals surface area contributed by atoms with E-state index in [1.165, 1.54) is 11.0 Å². The molecule has 0 aliphatic heterocycles. The van der Waals surface area contributed by atoms with Crippen molar-refractivity contribution >= 4 is 29.6 Å². The van der Waals surface area contributed by atoms with Gasteiger partial charge in [-0.15, -0.1) is 0 Å². The average Bonchev–Trinajstić information content (AvgIpc) is 2.97. The van der Waals surface area contributed by atoms with Crippen LogP contribution in [0.3, 0.4) is 0 Å². The first-order valence-electron chi connectivity index (χ1n) is 14.6. The maximum absolute atomic E-state index is 12.9. The summed E-state index contributed by atoms with van der Waals surface area (Å²) >= 11 is 0. The van der Waals surface area contributed by atoms with Crippen LogP contribution in [0.5, 0.6) is 0 Å². The third-order valence-corrected chi connectivity index (χ3v) is 7.11. The van der Waals surface area contributed by atoms with E-state index in [2.05, 4.69) is 5.32 Å². The number of carbonyl (C=O) groups is 5. The number of rotatable bonds is 22. The molecule has 0 saturated carbocycles. The Bertz CT molecular complexity index is 1230. The van der Waals surface area contributed by atoms with Crippen molar-refractivity contribution in [1.29, 1.82) is 0 Å². The number of ketones is 1. The molecule has 0 radical (unpaired) electrons. The fraction of sp³-hybridized carbons (Fsp3) is 0.424. The first-order chi connectivity index (χ1) is 21.0. The Hall–Kier alpha value is -4.35. The summed E-state index contributed by atoms with van der Waals surface area (Å²) in [6.45, 7) is -0.820. The van der Waals surface area contributed by atoms with Crippen LogP contribution >= 0.6 is 0 Å². The number of aliphatic hydroxyl groups excluding tert-OH is 1. The van der Waals surface area contributed by atoms with Crippen LogP contribution in [0.2, 0.25) is 0 Å². The van der Waals surface area contributed by atoms with Crippen LogP contribution in [0.25, 0.3) is 0 Å². The molecule has 0 aliphatic carbocycles. The van der Waals surface area contributed by atoms with Crippen molar-refractivity contribution < 1.29 is 44.4 Å². The summed E-state index contributed by atoms with van der Waals surface area (Å²) in [7, 11) is 0. The molecular weight excluding hydrogens is 568 g/mol. The Kier molecular flexibility index (Phi) is 16.1. The number of carboxylic acid groups (broad SMARTS) is 3. The summed E-state index contributed by atoms with van der Waals surface area (Å²) in [6, 6.07) is 17.9. The Morgan fingerprint density at radius 2 is 1.41 bits per heavy atom. The molecule has 2 aromatic rings. The molecule has 1 amide bonds. The lowest BCUT2D eigenvalue weighted by Crippen LogP contribution is -2.40. The van der Waals surface area contributed by atoms with Crippen molar-refractivity contribution in [1.82, 2.24) is 10.2 Å². The minimum Gasteiger partial charge on any atom is -0.481 e. The van der Waals surface area contributed by atoms with Gasteiger partial charge in [0.25, 0.3) is 0 Å². The molecule has 3 unspecified atom stereocenters. The number of aliphatic hydroxyl groups is 1. The lowest BCUT2D eigenvalue weighted by molar-refractivity contribution is -0.140. The summed E-state index contributed by atoms with van der Waals surface area (Å²) in [5.41, 5.74) is 1.75. The van der Waals surface area contributed by atoms with Crippen LogP contribution in [0, 0.1) is 11.8 Å². The van der Waals surface area contributed by atoms with Gasteiger partial charge in [0.05, 0.1) is 31.7 Å². The molecule has 3 atom stereocenters. The van der Waals surface area contributed by atoms with Gasteiger partial charge < -0.3 is 25.7 Å². The zero-order valence-corrected chi connectivity index (χ0v) is 24.7. The van der Waals surface area contributed by atoms with Crippen LogP contribution in [0.15, 0.2) is 72.8 Å². The van der Waals surface area contributed by atoms with Crippen molar-refractivity contribution in [3.8, 4) is 0 Å². The van der Waals surface area contributed by atoms with Gasteiger partial charge in [0, 0.05) is 12.8 Å². The van der Waals surface area contributed by atoms with E-state index in [1.54, 1.807) is 24.3 Å². The molecule has 0 aliphatic rings. The van der Waals surface area contributed by atoms with Crippen LogP contribution in [-0.4, -0.2) is 87.2 Å². The largest absolute Gasteiger partial charge is 0.481 e. The van der Waals surface area contributed by atoms with Crippen molar-refractivity contribution in [3.63, 3.8) is 0 Å². The number of nitrogens with one attached hydrogen (secondary N) is 1. The maximum Gasteiger partial charge on any atom is 0.317 e. The van der Waals surface area contributed by atoms with E-state index in [1.807, 2.05) is 36.4 Å². The van der Waals surface area contributed by atoms with Gasteiger partial charge in [0.15, 0.2) is 5.78 Å². The number of hydrogen-bond donors (Lipinski definition) is 5. The molecule has 0 saturated heterocycles. The highest BCUT2D eigenvalue weighted by Gasteiger charge is 2.21. The van der Waals surface area contributed by atoms with Gasteiger partial charge in [-0.2, -0.15) is 0 Å². The van der Waals surface area contributed by atoms with Crippen molar-refractivity contribution in [3.05, 3.63) is 83.9 Å². The molecule has 0 spiro atoms. The predicted molar refractivity (Wildman–Crippen MR) is 163 cm³/mol. The number of hydrogen-bond acceptors (Lipinski definition) is 7. The monoisotopic (exact) mass is 610 g/mol. The van der Waals surface area contributed by atoms with Crippen molar-refractivity contribution in [2.24, 2.45) is 11.8 Å². The molecule has 0 aromatic heterocycles. The highest BCUT2D eigenvalue weighted by molar-refractivity contribution is 5.92. The molecule has 0 bridgehead atoms. The molecule has 2 rings (SSSR count). The van der Waals surface area contributed by atoms with E-state index in [4.69, 9.17) is 5.11 Å². The smallest absolute Gasteiger partial charge is 0.317 e. The Morgan fingerprint density at radius 3 is 1.95 bits per heavy atom. The van der Waals surface area contributed by atoms with Gasteiger partial charge in [-0.3, -0.25) is 28.9 Å². The summed E-state index contributed by atoms with van der Waals surface area (Å²) in [6.07, 6.45) is 4.10. The minimum absolute atomic E-state index is 0.0411. The SMILES string of the molecule is O=C(O)CCCC(CCN(CC(=O)O)CC(=O)/C=C/C(Cc1ccccc1)C(=O)O)CC(=O)NC(CO)Cc1ccccc1. The maximum atomic E-state index is 12.9. The summed E-state index contributed by atoms with van der Waals surface area (Å²) in [5, 5.41) is 40.7. The zero-order valence-electron chi connectivity index (χ0n) is 24.7. The molecule has 5 N–H and O–H groups in total. The van der Waals surface area contributed by atoms with E-state index in [0.29, 0.717) is 25.7 Å². The van der Waals surface area contributed by atoms with Crippen molar-refractivity contribution in [2.75, 3.05) is 26.2 Å². The normalized spacial score (nSPS) is 13.3. The first kappa shape index (κ1) is 35.8. The van der Waals surface area contributed by atoms with E-state index in [-0.39, 0.29) is 50.8 Å². The fourth-order valence-electron chi connectivity index (χ4n) is 4.87. The molecule has 238 valence electrons. The number of nitrogens with zero attached hydrogens (tertiary/aromatic N) is 1. The first-order valence-corrected chi connectivity index (χ1v) is 14.6. The molecule has 2 aromatic carbocycles. The van der Waals surface area contributed by atoms with Gasteiger partial charge in [-0.25, -0.2) is 0 Å². The van der Waals surface area contributed by atoms with Crippen LogP contribution in [-0.2, 0) is 36.8 Å². The molecule has 11 heteroatoms. The second-order valence-electron chi connectivity index (χ2n) is 10.8. The Labute approximate surface area is 257 Å². The Balaban J connectivity index is 2.02. The van der Waals surface area contributed by atoms with Gasteiger partial charge in [-0.1, -0.05) is 66.7 Å². The zero-order chi connectivity index (χ0) is 32.3. The lowest BCUT2D eigenvalue weighted by Gasteiger charge is -2.24.